The van der Waals surface area contributed by atoms with Gasteiger partial charge in [0.05, 0.1) is 41.8 Å². The van der Waals surface area contributed by atoms with E-state index in [1.165, 1.54) is 12.1 Å². The number of aryl methyl sites for hydroxylation is 1. The van der Waals surface area contributed by atoms with Gasteiger partial charge < -0.3 is 24.8 Å². The summed E-state index contributed by atoms with van der Waals surface area (Å²) in [7, 11) is -2.25. The van der Waals surface area contributed by atoms with Crippen LogP contribution >= 0.6 is 0 Å². The lowest BCUT2D eigenvalue weighted by Crippen LogP contribution is -2.36. The molecule has 0 fully saturated rings. The number of carbonyl (C=O) groups is 3. The molecule has 0 aliphatic carbocycles. The molecule has 0 saturated heterocycles. The first-order chi connectivity index (χ1) is 21.8. The summed E-state index contributed by atoms with van der Waals surface area (Å²) in [5, 5.41) is 6.28. The highest BCUT2D eigenvalue weighted by molar-refractivity contribution is 7.85. The quantitative estimate of drug-likeness (QED) is 0.124. The van der Waals surface area contributed by atoms with E-state index in [4.69, 9.17) is 18.8 Å². The molecular formula is C34H44N2O9S. The van der Waals surface area contributed by atoms with E-state index in [2.05, 4.69) is 10.6 Å². The number of likely N-dealkylation sites (N-methyl/N-ethyl adjacent to an activating group) is 1. The molecule has 46 heavy (non-hydrogen) atoms. The summed E-state index contributed by atoms with van der Waals surface area (Å²) in [5.74, 6) is -2.20. The monoisotopic (exact) mass is 656 g/mol. The molecule has 0 spiro atoms. The zero-order valence-electron chi connectivity index (χ0n) is 27.4. The van der Waals surface area contributed by atoms with Crippen LogP contribution in [-0.4, -0.2) is 64.3 Å². The minimum absolute atomic E-state index is 0.0666. The summed E-state index contributed by atoms with van der Waals surface area (Å²) < 4.78 is 45.6. The van der Waals surface area contributed by atoms with Gasteiger partial charge in [0.2, 0.25) is 0 Å². The van der Waals surface area contributed by atoms with E-state index in [9.17, 15) is 22.8 Å². The van der Waals surface area contributed by atoms with Crippen LogP contribution in [0.2, 0.25) is 0 Å². The predicted molar refractivity (Wildman–Crippen MR) is 175 cm³/mol. The maximum Gasteiger partial charge on any atom is 0.336 e. The Labute approximate surface area is 271 Å². The third kappa shape index (κ3) is 10.1. The first-order valence-electron chi connectivity index (χ1n) is 15.0. The van der Waals surface area contributed by atoms with Gasteiger partial charge in [-0.15, -0.1) is 0 Å². The number of allylic oxidation sites excluding steroid dienone is 1. The highest BCUT2D eigenvalue weighted by Crippen LogP contribution is 2.41. The third-order valence-corrected chi connectivity index (χ3v) is 7.73. The Morgan fingerprint density at radius 1 is 0.870 bits per heavy atom. The molecule has 3 rings (SSSR count). The van der Waals surface area contributed by atoms with Gasteiger partial charge in [0, 0.05) is 23.5 Å². The van der Waals surface area contributed by atoms with Crippen LogP contribution in [0.25, 0.3) is 6.08 Å². The highest BCUT2D eigenvalue weighted by Gasteiger charge is 2.39. The summed E-state index contributed by atoms with van der Waals surface area (Å²) in [5.41, 5.74) is 4.68. The molecule has 0 radical (unpaired) electrons. The number of rotatable bonds is 12. The highest BCUT2D eigenvalue weighted by atomic mass is 32.2. The molecule has 0 saturated carbocycles. The van der Waals surface area contributed by atoms with Gasteiger partial charge >= 0.3 is 17.9 Å². The molecule has 250 valence electrons. The normalized spacial score (nSPS) is 15.0. The fraction of sp³-hybridized carbons (Fsp3) is 0.382. The lowest BCUT2D eigenvalue weighted by Gasteiger charge is -2.32. The number of hydrogen-bond acceptors (Lipinski definition) is 10. The first kappa shape index (κ1) is 37.9. The fourth-order valence-electron chi connectivity index (χ4n) is 4.79. The Kier molecular flexibility index (Phi) is 14.9. The van der Waals surface area contributed by atoms with Gasteiger partial charge in [-0.25, -0.2) is 14.4 Å². The lowest BCUT2D eigenvalue weighted by atomic mass is 9.78. The van der Waals surface area contributed by atoms with Gasteiger partial charge in [-0.2, -0.15) is 8.42 Å². The van der Waals surface area contributed by atoms with Crippen LogP contribution < -0.4 is 10.6 Å². The van der Waals surface area contributed by atoms with Crippen molar-refractivity contribution in [2.75, 3.05) is 33.4 Å². The van der Waals surface area contributed by atoms with Gasteiger partial charge in [0.15, 0.2) is 0 Å². The van der Waals surface area contributed by atoms with Crippen molar-refractivity contribution >= 4 is 34.1 Å². The molecule has 0 aromatic heterocycles. The van der Waals surface area contributed by atoms with Gasteiger partial charge in [-0.05, 0) is 77.4 Å². The van der Waals surface area contributed by atoms with E-state index in [1.807, 2.05) is 38.1 Å². The minimum Gasteiger partial charge on any atom is -0.463 e. The molecule has 1 atom stereocenters. The topological polar surface area (TPSA) is 157 Å². The van der Waals surface area contributed by atoms with Crippen LogP contribution in [0.1, 0.15) is 63.6 Å². The predicted octanol–water partition coefficient (Wildman–Crippen LogP) is 4.85. The Morgan fingerprint density at radius 3 is 1.96 bits per heavy atom. The van der Waals surface area contributed by atoms with E-state index in [-0.39, 0.29) is 24.7 Å². The summed E-state index contributed by atoms with van der Waals surface area (Å²) >= 11 is 0. The molecule has 0 amide bonds. The van der Waals surface area contributed by atoms with Crippen molar-refractivity contribution in [3.8, 4) is 0 Å². The van der Waals surface area contributed by atoms with Crippen molar-refractivity contribution in [1.82, 2.24) is 10.6 Å². The minimum atomic E-state index is -4.02. The van der Waals surface area contributed by atoms with Gasteiger partial charge in [-0.1, -0.05) is 48.9 Å². The van der Waals surface area contributed by atoms with Crippen molar-refractivity contribution in [3.05, 3.63) is 93.3 Å². The maximum absolute atomic E-state index is 13.3. The largest absolute Gasteiger partial charge is 0.463 e. The molecule has 0 bridgehead atoms. The number of esters is 3. The Morgan fingerprint density at radius 2 is 1.43 bits per heavy atom. The van der Waals surface area contributed by atoms with Crippen molar-refractivity contribution in [2.24, 2.45) is 0 Å². The molecule has 3 N–H and O–H groups in total. The zero-order chi connectivity index (χ0) is 34.4. The van der Waals surface area contributed by atoms with E-state index < -0.39 is 33.9 Å². The van der Waals surface area contributed by atoms with E-state index in [0.29, 0.717) is 52.2 Å². The zero-order valence-corrected chi connectivity index (χ0v) is 28.2. The number of carbonyl (C=O) groups excluding carboxylic acids is 3. The van der Waals surface area contributed by atoms with Crippen molar-refractivity contribution in [2.45, 2.75) is 58.8 Å². The van der Waals surface area contributed by atoms with Crippen molar-refractivity contribution in [1.29, 1.82) is 0 Å². The Balaban J connectivity index is 0.000000562. The molecule has 2 aromatic carbocycles. The second kappa shape index (κ2) is 18.0. The number of ether oxygens (including phenoxy) is 3. The van der Waals surface area contributed by atoms with Crippen molar-refractivity contribution < 1.29 is 41.6 Å². The summed E-state index contributed by atoms with van der Waals surface area (Å²) in [4.78, 5) is 38.9. The van der Waals surface area contributed by atoms with Crippen LogP contribution in [0.3, 0.4) is 0 Å². The van der Waals surface area contributed by atoms with Gasteiger partial charge in [0.1, 0.15) is 0 Å². The van der Waals surface area contributed by atoms with Crippen LogP contribution in [0.15, 0.2) is 81.5 Å². The molecule has 1 unspecified atom stereocenters. The third-order valence-electron chi connectivity index (χ3n) is 6.86. The lowest BCUT2D eigenvalue weighted by molar-refractivity contribution is -0.140. The number of dihydropyridines is 1. The van der Waals surface area contributed by atoms with E-state index in [0.717, 1.165) is 5.56 Å². The standard InChI is InChI=1S/C27H36N2O6.C7H8O3S/c1-7-18(25(30)33-8-2)15-19-13-11-12-14-20(19)23-22(26(31)34-9-3)17(5)29-21(16-28-6)24(23)27(32)35-10-4;1-6-2-4-7(5-3-6)11(8,9)10/h11-15,23,28-29H,7-10,16H2,1-6H3;2-5H,1H3,(H,8,9,10)/b18-15+;. The number of benzene rings is 2. The number of hydrogen-bond donors (Lipinski definition) is 3. The maximum atomic E-state index is 13.3. The summed E-state index contributed by atoms with van der Waals surface area (Å²) in [6, 6.07) is 13.4. The molecule has 1 aliphatic rings. The SMILES string of the molecule is CCOC(=O)C1=C(C)NC(CNC)=C(C(=O)OCC)C1c1ccccc1/C=C(\CC)C(=O)OCC.Cc1ccc(S(=O)(=O)O)cc1. The molecule has 1 heterocycles. The Bertz CT molecular complexity index is 1590. The van der Waals surface area contributed by atoms with Gasteiger partial charge in [0.25, 0.3) is 10.1 Å². The molecular weight excluding hydrogens is 612 g/mol. The second-order valence-corrected chi connectivity index (χ2v) is 11.5. The fourth-order valence-corrected chi connectivity index (χ4v) is 5.27. The number of nitrogens with one attached hydrogen (secondary N) is 2. The van der Waals surface area contributed by atoms with Crippen LogP contribution in [0, 0.1) is 6.92 Å². The average molecular weight is 657 g/mol. The van der Waals surface area contributed by atoms with Crippen LogP contribution in [0.5, 0.6) is 0 Å². The first-order valence-corrected chi connectivity index (χ1v) is 16.5. The molecule has 1 aliphatic heterocycles. The average Bonchev–Trinajstić information content (AvgIpc) is 3.00. The Hall–Kier alpha value is -4.26. The summed E-state index contributed by atoms with van der Waals surface area (Å²) in [6.07, 6.45) is 2.22. The van der Waals surface area contributed by atoms with Crippen molar-refractivity contribution in [3.63, 3.8) is 0 Å². The molecule has 12 heteroatoms. The molecule has 2 aromatic rings. The smallest absolute Gasteiger partial charge is 0.336 e. The van der Waals surface area contributed by atoms with Gasteiger partial charge in [-0.3, -0.25) is 4.55 Å². The van der Waals surface area contributed by atoms with Crippen LogP contribution in [-0.2, 0) is 38.7 Å². The van der Waals surface area contributed by atoms with E-state index in [1.54, 1.807) is 53.0 Å². The summed E-state index contributed by atoms with van der Waals surface area (Å²) in [6.45, 7) is 11.7. The van der Waals surface area contributed by atoms with E-state index >= 15 is 0 Å². The van der Waals surface area contributed by atoms with Crippen LogP contribution in [0.4, 0.5) is 0 Å². The molecule has 11 nitrogen and oxygen atoms in total. The second-order valence-electron chi connectivity index (χ2n) is 10.1.